The zero-order valence-electron chi connectivity index (χ0n) is 11.6. The van der Waals surface area contributed by atoms with Crippen LogP contribution in [0.25, 0.3) is 0 Å². The van der Waals surface area contributed by atoms with Crippen molar-refractivity contribution in [1.29, 1.82) is 0 Å². The van der Waals surface area contributed by atoms with Crippen molar-refractivity contribution in [1.82, 2.24) is 4.90 Å². The number of nitrogens with one attached hydrogen (secondary N) is 1. The van der Waals surface area contributed by atoms with Gasteiger partial charge in [0.2, 0.25) is 0 Å². The number of hydrogen-bond donors (Lipinski definition) is 3. The molecule has 0 saturated heterocycles. The Bertz CT molecular complexity index is 463. The molecule has 0 spiro atoms. The maximum Gasteiger partial charge on any atom is 0.316 e. The number of hydrogen-bond acceptors (Lipinski definition) is 3. The Kier molecular flexibility index (Phi) is 6.52. The smallest absolute Gasteiger partial charge is 0.316 e. The predicted molar refractivity (Wildman–Crippen MR) is 77.5 cm³/mol. The fourth-order valence-electron chi connectivity index (χ4n) is 1.84. The van der Waals surface area contributed by atoms with Crippen LogP contribution in [0.2, 0.25) is 0 Å². The standard InChI is InChI=1S/C14H21N3O3/c1-2-3-7-17(8-9-18)13(19)11-5-4-6-12(10-11)16-14(15)20/h4-6,10,18H,2-3,7-9H2,1H3,(H3,15,16,20). The fraction of sp³-hybridized carbons (Fsp3) is 0.429. The molecule has 4 N–H and O–H groups in total. The quantitative estimate of drug-likeness (QED) is 0.704. The van der Waals surface area contributed by atoms with E-state index in [0.717, 1.165) is 12.8 Å². The molecule has 3 amide bonds. The minimum absolute atomic E-state index is 0.0747. The van der Waals surface area contributed by atoms with E-state index in [9.17, 15) is 9.59 Å². The van der Waals surface area contributed by atoms with E-state index in [4.69, 9.17) is 10.8 Å². The number of aliphatic hydroxyl groups excluding tert-OH is 1. The second kappa shape index (κ2) is 8.16. The van der Waals surface area contributed by atoms with Crippen molar-refractivity contribution in [3.63, 3.8) is 0 Å². The van der Waals surface area contributed by atoms with Gasteiger partial charge in [0.05, 0.1) is 6.61 Å². The van der Waals surface area contributed by atoms with Crippen LogP contribution in [-0.2, 0) is 0 Å². The van der Waals surface area contributed by atoms with Gasteiger partial charge in [-0.05, 0) is 24.6 Å². The molecule has 1 aromatic carbocycles. The summed E-state index contributed by atoms with van der Waals surface area (Å²) in [6.45, 7) is 2.86. The lowest BCUT2D eigenvalue weighted by Crippen LogP contribution is -2.34. The number of nitrogens with two attached hydrogens (primary N) is 1. The number of carbonyl (C=O) groups is 2. The second-order valence-corrected chi connectivity index (χ2v) is 4.44. The topological polar surface area (TPSA) is 95.7 Å². The number of anilines is 1. The maximum atomic E-state index is 12.3. The van der Waals surface area contributed by atoms with E-state index >= 15 is 0 Å². The predicted octanol–water partition coefficient (Wildman–Crippen LogP) is 1.41. The largest absolute Gasteiger partial charge is 0.395 e. The number of rotatable bonds is 7. The number of unbranched alkanes of at least 4 members (excludes halogenated alkanes) is 1. The summed E-state index contributed by atoms with van der Waals surface area (Å²) in [5.74, 6) is -0.166. The molecule has 0 aliphatic heterocycles. The van der Waals surface area contributed by atoms with Gasteiger partial charge in [-0.3, -0.25) is 4.79 Å². The molecule has 0 atom stereocenters. The highest BCUT2D eigenvalue weighted by atomic mass is 16.3. The molecule has 6 nitrogen and oxygen atoms in total. The minimum atomic E-state index is -0.673. The molecule has 0 unspecified atom stereocenters. The van der Waals surface area contributed by atoms with Crippen molar-refractivity contribution < 1.29 is 14.7 Å². The molecule has 0 aliphatic carbocycles. The van der Waals surface area contributed by atoms with E-state index in [0.29, 0.717) is 24.3 Å². The number of benzene rings is 1. The molecular weight excluding hydrogens is 258 g/mol. The second-order valence-electron chi connectivity index (χ2n) is 4.44. The van der Waals surface area contributed by atoms with Crippen molar-refractivity contribution >= 4 is 17.6 Å². The number of carbonyl (C=O) groups excluding carboxylic acids is 2. The lowest BCUT2D eigenvalue weighted by molar-refractivity contribution is 0.0719. The Morgan fingerprint density at radius 1 is 1.35 bits per heavy atom. The Morgan fingerprint density at radius 3 is 2.70 bits per heavy atom. The fourth-order valence-corrected chi connectivity index (χ4v) is 1.84. The van der Waals surface area contributed by atoms with E-state index in [2.05, 4.69) is 5.32 Å². The van der Waals surface area contributed by atoms with Gasteiger partial charge in [0.25, 0.3) is 5.91 Å². The van der Waals surface area contributed by atoms with E-state index in [1.54, 1.807) is 29.2 Å². The zero-order valence-corrected chi connectivity index (χ0v) is 11.6. The van der Waals surface area contributed by atoms with Gasteiger partial charge in [-0.2, -0.15) is 0 Å². The molecule has 0 radical (unpaired) electrons. The van der Waals surface area contributed by atoms with Crippen LogP contribution in [0.5, 0.6) is 0 Å². The first-order chi connectivity index (χ1) is 9.58. The SMILES string of the molecule is CCCCN(CCO)C(=O)c1cccc(NC(N)=O)c1. The Morgan fingerprint density at radius 2 is 2.10 bits per heavy atom. The van der Waals surface area contributed by atoms with Gasteiger partial charge in [0, 0.05) is 24.3 Å². The molecule has 1 aromatic rings. The number of urea groups is 1. The number of nitrogens with zero attached hydrogens (tertiary/aromatic N) is 1. The normalized spacial score (nSPS) is 10.1. The van der Waals surface area contributed by atoms with Crippen LogP contribution in [0.3, 0.4) is 0 Å². The van der Waals surface area contributed by atoms with Crippen LogP contribution in [0.15, 0.2) is 24.3 Å². The molecular formula is C14H21N3O3. The van der Waals surface area contributed by atoms with Gasteiger partial charge in [-0.15, -0.1) is 0 Å². The minimum Gasteiger partial charge on any atom is -0.395 e. The average molecular weight is 279 g/mol. The molecule has 0 heterocycles. The summed E-state index contributed by atoms with van der Waals surface area (Å²) in [6.07, 6.45) is 1.85. The molecule has 0 fully saturated rings. The zero-order chi connectivity index (χ0) is 15.0. The van der Waals surface area contributed by atoms with Gasteiger partial charge in [0.1, 0.15) is 0 Å². The first kappa shape index (κ1) is 16.0. The first-order valence-electron chi connectivity index (χ1n) is 6.65. The number of amides is 3. The molecule has 1 rings (SSSR count). The third-order valence-electron chi connectivity index (χ3n) is 2.82. The molecule has 20 heavy (non-hydrogen) atoms. The van der Waals surface area contributed by atoms with E-state index in [1.165, 1.54) is 0 Å². The first-order valence-corrected chi connectivity index (χ1v) is 6.65. The van der Waals surface area contributed by atoms with Gasteiger partial charge >= 0.3 is 6.03 Å². The van der Waals surface area contributed by atoms with Crippen molar-refractivity contribution in [2.45, 2.75) is 19.8 Å². The monoisotopic (exact) mass is 279 g/mol. The number of aliphatic hydroxyl groups is 1. The maximum absolute atomic E-state index is 12.3. The van der Waals surface area contributed by atoms with Crippen molar-refractivity contribution in [2.75, 3.05) is 25.0 Å². The lowest BCUT2D eigenvalue weighted by Gasteiger charge is -2.21. The number of primary amides is 1. The summed E-state index contributed by atoms with van der Waals surface area (Å²) < 4.78 is 0. The van der Waals surface area contributed by atoms with Gasteiger partial charge in [-0.25, -0.2) is 4.79 Å². The van der Waals surface area contributed by atoms with Crippen LogP contribution < -0.4 is 11.1 Å². The molecule has 0 aliphatic rings. The highest BCUT2D eigenvalue weighted by molar-refractivity contribution is 5.96. The van der Waals surface area contributed by atoms with Gasteiger partial charge in [0.15, 0.2) is 0 Å². The third kappa shape index (κ3) is 4.89. The van der Waals surface area contributed by atoms with Crippen LogP contribution in [-0.4, -0.2) is 41.6 Å². The van der Waals surface area contributed by atoms with Crippen LogP contribution in [0.4, 0.5) is 10.5 Å². The third-order valence-corrected chi connectivity index (χ3v) is 2.82. The van der Waals surface area contributed by atoms with Crippen molar-refractivity contribution in [3.05, 3.63) is 29.8 Å². The summed E-state index contributed by atoms with van der Waals surface area (Å²) in [4.78, 5) is 24.8. The Labute approximate surface area is 118 Å². The van der Waals surface area contributed by atoms with E-state index in [1.807, 2.05) is 6.92 Å². The summed E-state index contributed by atoms with van der Waals surface area (Å²) in [5, 5.41) is 11.5. The van der Waals surface area contributed by atoms with E-state index < -0.39 is 6.03 Å². The van der Waals surface area contributed by atoms with Crippen molar-refractivity contribution in [3.8, 4) is 0 Å². The highest BCUT2D eigenvalue weighted by Gasteiger charge is 2.15. The molecule has 0 aromatic heterocycles. The lowest BCUT2D eigenvalue weighted by atomic mass is 10.1. The Balaban J connectivity index is 2.84. The van der Waals surface area contributed by atoms with Gasteiger partial charge < -0.3 is 21.1 Å². The summed E-state index contributed by atoms with van der Waals surface area (Å²) in [6, 6.07) is 5.90. The molecule has 0 saturated carbocycles. The molecule has 110 valence electrons. The van der Waals surface area contributed by atoms with Crippen LogP contribution in [0.1, 0.15) is 30.1 Å². The Hall–Kier alpha value is -2.08. The highest BCUT2D eigenvalue weighted by Crippen LogP contribution is 2.13. The van der Waals surface area contributed by atoms with Gasteiger partial charge in [-0.1, -0.05) is 19.4 Å². The van der Waals surface area contributed by atoms with Crippen molar-refractivity contribution in [2.24, 2.45) is 5.73 Å². The molecule has 6 heteroatoms. The summed E-state index contributed by atoms with van der Waals surface area (Å²) in [7, 11) is 0. The molecule has 0 bridgehead atoms. The summed E-state index contributed by atoms with van der Waals surface area (Å²) in [5.41, 5.74) is 5.98. The average Bonchev–Trinajstić information content (AvgIpc) is 2.42. The van der Waals surface area contributed by atoms with Crippen LogP contribution in [0, 0.1) is 0 Å². The van der Waals surface area contributed by atoms with Crippen LogP contribution >= 0.6 is 0 Å². The van der Waals surface area contributed by atoms with E-state index in [-0.39, 0.29) is 12.5 Å². The summed E-state index contributed by atoms with van der Waals surface area (Å²) >= 11 is 0.